The zero-order chi connectivity index (χ0) is 14.8. The summed E-state index contributed by atoms with van der Waals surface area (Å²) in [7, 11) is 1.61. The van der Waals surface area contributed by atoms with Crippen LogP contribution in [0.15, 0.2) is 47.0 Å². The van der Waals surface area contributed by atoms with Crippen molar-refractivity contribution < 1.29 is 14.4 Å². The molecular formula is C16H14N2O3. The smallest absolute Gasteiger partial charge is 0.261 e. The lowest BCUT2D eigenvalue weighted by Crippen LogP contribution is -1.84. The van der Waals surface area contributed by atoms with Gasteiger partial charge < -0.3 is 14.4 Å². The highest BCUT2D eigenvalue weighted by atomic mass is 16.5. The minimum atomic E-state index is 0.125. The Bertz CT molecular complexity index is 763. The lowest BCUT2D eigenvalue weighted by Gasteiger charge is -2.00. The van der Waals surface area contributed by atoms with E-state index in [1.165, 1.54) is 0 Å². The van der Waals surface area contributed by atoms with Gasteiger partial charge in [0.25, 0.3) is 5.89 Å². The fourth-order valence-electron chi connectivity index (χ4n) is 2.01. The third kappa shape index (κ3) is 2.58. The second-order valence-corrected chi connectivity index (χ2v) is 4.67. The van der Waals surface area contributed by atoms with Crippen molar-refractivity contribution in [2.75, 3.05) is 7.11 Å². The summed E-state index contributed by atoms with van der Waals surface area (Å²) in [4.78, 5) is 4.32. The number of aromatic nitrogens is 2. The Balaban J connectivity index is 1.95. The number of aromatic hydroxyl groups is 1. The fourth-order valence-corrected chi connectivity index (χ4v) is 2.01. The van der Waals surface area contributed by atoms with Gasteiger partial charge >= 0.3 is 0 Å². The van der Waals surface area contributed by atoms with Crippen LogP contribution in [0, 0.1) is 6.92 Å². The summed E-state index contributed by atoms with van der Waals surface area (Å²) in [6.45, 7) is 1.90. The van der Waals surface area contributed by atoms with E-state index >= 15 is 0 Å². The second-order valence-electron chi connectivity index (χ2n) is 4.67. The highest BCUT2D eigenvalue weighted by molar-refractivity contribution is 5.65. The van der Waals surface area contributed by atoms with E-state index in [2.05, 4.69) is 10.1 Å². The van der Waals surface area contributed by atoms with Gasteiger partial charge in [-0.1, -0.05) is 11.2 Å². The standard InChI is InChI=1S/C16H14N2O3/c1-10-3-8-13(14(19)9-10)16-17-15(18-21-16)11-4-6-12(20-2)7-5-11/h3-9,19H,1-2H3. The van der Waals surface area contributed by atoms with Crippen LogP contribution in [-0.4, -0.2) is 22.4 Å². The highest BCUT2D eigenvalue weighted by Crippen LogP contribution is 2.30. The summed E-state index contributed by atoms with van der Waals surface area (Å²) in [5, 5.41) is 13.9. The van der Waals surface area contributed by atoms with Gasteiger partial charge in [0.2, 0.25) is 5.82 Å². The minimum absolute atomic E-state index is 0.125. The zero-order valence-electron chi connectivity index (χ0n) is 11.7. The quantitative estimate of drug-likeness (QED) is 0.797. The van der Waals surface area contributed by atoms with Gasteiger partial charge in [-0.2, -0.15) is 4.98 Å². The highest BCUT2D eigenvalue weighted by Gasteiger charge is 2.14. The van der Waals surface area contributed by atoms with Gasteiger partial charge in [0, 0.05) is 5.56 Å². The molecule has 0 unspecified atom stereocenters. The van der Waals surface area contributed by atoms with Crippen molar-refractivity contribution in [1.82, 2.24) is 10.1 Å². The summed E-state index contributed by atoms with van der Waals surface area (Å²) < 4.78 is 10.3. The van der Waals surface area contributed by atoms with E-state index in [1.54, 1.807) is 19.2 Å². The first kappa shape index (κ1) is 13.2. The van der Waals surface area contributed by atoms with Crippen molar-refractivity contribution in [2.24, 2.45) is 0 Å². The van der Waals surface area contributed by atoms with Crippen molar-refractivity contribution in [3.05, 3.63) is 48.0 Å². The molecule has 0 aliphatic rings. The maximum absolute atomic E-state index is 9.95. The number of aryl methyl sites for hydroxylation is 1. The van der Waals surface area contributed by atoms with E-state index in [0.717, 1.165) is 16.9 Å². The predicted octanol–water partition coefficient (Wildman–Crippen LogP) is 3.43. The Kier molecular flexibility index (Phi) is 3.31. The summed E-state index contributed by atoms with van der Waals surface area (Å²) in [5.74, 6) is 1.64. The van der Waals surface area contributed by atoms with E-state index in [-0.39, 0.29) is 5.75 Å². The molecule has 1 aromatic heterocycles. The third-order valence-electron chi connectivity index (χ3n) is 3.16. The van der Waals surface area contributed by atoms with Crippen LogP contribution in [0.5, 0.6) is 11.5 Å². The Morgan fingerprint density at radius 1 is 1.10 bits per heavy atom. The number of benzene rings is 2. The molecule has 106 valence electrons. The molecule has 0 spiro atoms. The Morgan fingerprint density at radius 3 is 2.52 bits per heavy atom. The van der Waals surface area contributed by atoms with E-state index in [1.807, 2.05) is 37.3 Å². The average molecular weight is 282 g/mol. The molecule has 0 saturated carbocycles. The van der Waals surface area contributed by atoms with Crippen molar-refractivity contribution >= 4 is 0 Å². The number of nitrogens with zero attached hydrogens (tertiary/aromatic N) is 2. The van der Waals surface area contributed by atoms with Crippen LogP contribution >= 0.6 is 0 Å². The van der Waals surface area contributed by atoms with Crippen molar-refractivity contribution in [3.8, 4) is 34.3 Å². The van der Waals surface area contributed by atoms with Crippen molar-refractivity contribution in [1.29, 1.82) is 0 Å². The Labute approximate surface area is 121 Å². The maximum atomic E-state index is 9.95. The molecule has 2 aromatic carbocycles. The normalized spacial score (nSPS) is 10.6. The maximum Gasteiger partial charge on any atom is 0.261 e. The zero-order valence-corrected chi connectivity index (χ0v) is 11.7. The Morgan fingerprint density at radius 2 is 1.86 bits per heavy atom. The summed E-state index contributed by atoms with van der Waals surface area (Å²) in [6, 6.07) is 12.7. The number of methoxy groups -OCH3 is 1. The molecule has 1 heterocycles. The van der Waals surface area contributed by atoms with E-state index in [4.69, 9.17) is 9.26 Å². The molecule has 0 atom stereocenters. The molecule has 21 heavy (non-hydrogen) atoms. The third-order valence-corrected chi connectivity index (χ3v) is 3.16. The average Bonchev–Trinajstić information content (AvgIpc) is 2.97. The van der Waals surface area contributed by atoms with Crippen molar-refractivity contribution in [3.63, 3.8) is 0 Å². The lowest BCUT2D eigenvalue weighted by molar-refractivity contribution is 0.414. The molecule has 5 nitrogen and oxygen atoms in total. The molecule has 5 heteroatoms. The van der Waals surface area contributed by atoms with Gasteiger partial charge in [0.1, 0.15) is 11.5 Å². The van der Waals surface area contributed by atoms with Gasteiger partial charge in [-0.15, -0.1) is 0 Å². The van der Waals surface area contributed by atoms with Gasteiger partial charge in [0.05, 0.1) is 12.7 Å². The largest absolute Gasteiger partial charge is 0.507 e. The summed E-state index contributed by atoms with van der Waals surface area (Å²) >= 11 is 0. The number of ether oxygens (including phenoxy) is 1. The molecule has 0 saturated heterocycles. The van der Waals surface area contributed by atoms with Crippen LogP contribution in [-0.2, 0) is 0 Å². The first-order chi connectivity index (χ1) is 10.2. The summed E-state index contributed by atoms with van der Waals surface area (Å²) in [6.07, 6.45) is 0. The lowest BCUT2D eigenvalue weighted by atomic mass is 10.1. The van der Waals surface area contributed by atoms with Crippen LogP contribution in [0.2, 0.25) is 0 Å². The second kappa shape index (κ2) is 5.28. The van der Waals surface area contributed by atoms with E-state index < -0.39 is 0 Å². The molecule has 1 N–H and O–H groups in total. The topological polar surface area (TPSA) is 68.4 Å². The van der Waals surface area contributed by atoms with Crippen LogP contribution in [0.1, 0.15) is 5.56 Å². The first-order valence-electron chi connectivity index (χ1n) is 6.45. The minimum Gasteiger partial charge on any atom is -0.507 e. The number of phenols is 1. The van der Waals surface area contributed by atoms with Gasteiger partial charge in [-0.05, 0) is 48.9 Å². The number of hydrogen-bond donors (Lipinski definition) is 1. The first-order valence-corrected chi connectivity index (χ1v) is 6.45. The SMILES string of the molecule is COc1ccc(-c2noc(-c3ccc(C)cc3O)n2)cc1. The van der Waals surface area contributed by atoms with E-state index in [9.17, 15) is 5.11 Å². The molecule has 3 rings (SSSR count). The van der Waals surface area contributed by atoms with Crippen molar-refractivity contribution in [2.45, 2.75) is 6.92 Å². The van der Waals surface area contributed by atoms with Gasteiger partial charge in [-0.25, -0.2) is 0 Å². The molecular weight excluding hydrogens is 268 g/mol. The molecule has 0 aliphatic carbocycles. The van der Waals surface area contributed by atoms with Crippen LogP contribution in [0.25, 0.3) is 22.8 Å². The predicted molar refractivity (Wildman–Crippen MR) is 78.1 cm³/mol. The van der Waals surface area contributed by atoms with Crippen LogP contribution in [0.4, 0.5) is 0 Å². The molecule has 0 radical (unpaired) electrons. The van der Waals surface area contributed by atoms with Gasteiger partial charge in [-0.3, -0.25) is 0 Å². The Hall–Kier alpha value is -2.82. The monoisotopic (exact) mass is 282 g/mol. The number of hydrogen-bond acceptors (Lipinski definition) is 5. The molecule has 0 aliphatic heterocycles. The van der Waals surface area contributed by atoms with Gasteiger partial charge in [0.15, 0.2) is 0 Å². The molecule has 0 bridgehead atoms. The molecule has 0 fully saturated rings. The number of rotatable bonds is 3. The molecule has 3 aromatic rings. The van der Waals surface area contributed by atoms with E-state index in [0.29, 0.717) is 17.3 Å². The van der Waals surface area contributed by atoms with Crippen LogP contribution < -0.4 is 4.74 Å². The van der Waals surface area contributed by atoms with Crippen LogP contribution in [0.3, 0.4) is 0 Å². The number of phenolic OH excluding ortho intramolecular Hbond substituents is 1. The molecule has 0 amide bonds. The fraction of sp³-hybridized carbons (Fsp3) is 0.125. The summed E-state index contributed by atoms with van der Waals surface area (Å²) in [5.41, 5.74) is 2.30.